The molecule has 1 atom stereocenters. The van der Waals surface area contributed by atoms with Crippen LogP contribution in [0.4, 0.5) is 13.2 Å². The number of hydrogen-bond donors (Lipinski definition) is 1. The van der Waals surface area contributed by atoms with Crippen molar-refractivity contribution < 1.29 is 22.4 Å². The number of carbonyl (C=O) groups is 1. The number of benzene rings is 2. The van der Waals surface area contributed by atoms with Crippen molar-refractivity contribution in [3.63, 3.8) is 0 Å². The van der Waals surface area contributed by atoms with Gasteiger partial charge >= 0.3 is 6.18 Å². The van der Waals surface area contributed by atoms with Crippen LogP contribution in [0, 0.1) is 0 Å². The zero-order valence-corrected chi connectivity index (χ0v) is 14.1. The first kappa shape index (κ1) is 18.5. The zero-order chi connectivity index (χ0) is 19.3. The van der Waals surface area contributed by atoms with Gasteiger partial charge in [-0.25, -0.2) is 0 Å². The molecule has 0 aliphatic rings. The molecule has 1 aromatic heterocycles. The maximum Gasteiger partial charge on any atom is 0.417 e. The molecule has 1 heterocycles. The summed E-state index contributed by atoms with van der Waals surface area (Å²) in [5.74, 6) is -0.437. The lowest BCUT2D eigenvalue weighted by molar-refractivity contribution is -0.117. The highest BCUT2D eigenvalue weighted by Gasteiger charge is 2.35. The molecule has 0 radical (unpaired) electrons. The second-order valence-electron chi connectivity index (χ2n) is 5.79. The Bertz CT molecular complexity index is 902. The van der Waals surface area contributed by atoms with E-state index in [4.69, 9.17) is 4.42 Å². The fourth-order valence-electron chi connectivity index (χ4n) is 2.68. The van der Waals surface area contributed by atoms with E-state index in [-0.39, 0.29) is 5.56 Å². The number of allylic oxidation sites excluding steroid dienone is 1. The van der Waals surface area contributed by atoms with E-state index in [0.717, 1.165) is 0 Å². The summed E-state index contributed by atoms with van der Waals surface area (Å²) in [7, 11) is 0. The molecule has 0 aliphatic heterocycles. The number of rotatable bonds is 5. The summed E-state index contributed by atoms with van der Waals surface area (Å²) < 4.78 is 45.6. The zero-order valence-electron chi connectivity index (χ0n) is 14.1. The molecule has 1 amide bonds. The normalized spacial score (nSPS) is 13.2. The van der Waals surface area contributed by atoms with E-state index in [2.05, 4.69) is 5.32 Å². The number of amides is 1. The molecule has 0 spiro atoms. The van der Waals surface area contributed by atoms with E-state index < -0.39 is 23.7 Å². The standard InChI is InChI=1S/C21H16F3NO2/c22-21(23,24)17(15-8-3-1-4-9-15)14-19(26)25-20(18-12-7-13-27-18)16-10-5-2-6-11-16/h1-14,20H,(H,25,26)/b17-14+. The number of halogens is 3. The van der Waals surface area contributed by atoms with Gasteiger partial charge in [-0.2, -0.15) is 13.2 Å². The predicted molar refractivity (Wildman–Crippen MR) is 95.6 cm³/mol. The van der Waals surface area contributed by atoms with E-state index in [1.807, 2.05) is 6.07 Å². The quantitative estimate of drug-likeness (QED) is 0.632. The van der Waals surface area contributed by atoms with Crippen LogP contribution < -0.4 is 5.32 Å². The Morgan fingerprint density at radius 3 is 2.11 bits per heavy atom. The average Bonchev–Trinajstić information content (AvgIpc) is 3.19. The molecular formula is C21H16F3NO2. The largest absolute Gasteiger partial charge is 0.467 e. The molecular weight excluding hydrogens is 355 g/mol. The highest BCUT2D eigenvalue weighted by molar-refractivity contribution is 5.96. The number of alkyl halides is 3. The molecule has 0 bridgehead atoms. The van der Waals surface area contributed by atoms with Gasteiger partial charge in [0.2, 0.25) is 5.91 Å². The van der Waals surface area contributed by atoms with E-state index in [1.165, 1.54) is 30.5 Å². The summed E-state index contributed by atoms with van der Waals surface area (Å²) in [6, 6.07) is 18.7. The molecule has 0 aliphatic carbocycles. The van der Waals surface area contributed by atoms with Gasteiger partial charge in [-0.15, -0.1) is 0 Å². The van der Waals surface area contributed by atoms with Crippen molar-refractivity contribution in [3.8, 4) is 0 Å². The van der Waals surface area contributed by atoms with Crippen molar-refractivity contribution >= 4 is 11.5 Å². The Hall–Kier alpha value is -3.28. The Morgan fingerprint density at radius 1 is 0.926 bits per heavy atom. The molecule has 3 aromatic rings. The maximum atomic E-state index is 13.4. The molecule has 27 heavy (non-hydrogen) atoms. The third kappa shape index (κ3) is 4.67. The van der Waals surface area contributed by atoms with Crippen LogP contribution in [-0.4, -0.2) is 12.1 Å². The van der Waals surface area contributed by atoms with Gasteiger partial charge in [0.25, 0.3) is 0 Å². The van der Waals surface area contributed by atoms with Crippen LogP contribution in [0.3, 0.4) is 0 Å². The Balaban J connectivity index is 1.92. The lowest BCUT2D eigenvalue weighted by Crippen LogP contribution is -2.28. The highest BCUT2D eigenvalue weighted by Crippen LogP contribution is 2.33. The van der Waals surface area contributed by atoms with Crippen LogP contribution >= 0.6 is 0 Å². The fraction of sp³-hybridized carbons (Fsp3) is 0.0952. The third-order valence-corrected chi connectivity index (χ3v) is 3.91. The molecule has 3 nitrogen and oxygen atoms in total. The lowest BCUT2D eigenvalue weighted by atomic mass is 10.0. The molecule has 138 valence electrons. The van der Waals surface area contributed by atoms with Crippen LogP contribution in [-0.2, 0) is 4.79 Å². The van der Waals surface area contributed by atoms with Crippen molar-refractivity contribution in [1.29, 1.82) is 0 Å². The van der Waals surface area contributed by atoms with Gasteiger partial charge in [-0.3, -0.25) is 4.79 Å². The van der Waals surface area contributed by atoms with Gasteiger partial charge in [0.15, 0.2) is 0 Å². The summed E-state index contributed by atoms with van der Waals surface area (Å²) in [5.41, 5.74) is -0.385. The second kappa shape index (κ2) is 7.95. The van der Waals surface area contributed by atoms with Gasteiger partial charge in [0.1, 0.15) is 11.8 Å². The van der Waals surface area contributed by atoms with Gasteiger partial charge < -0.3 is 9.73 Å². The van der Waals surface area contributed by atoms with Crippen LogP contribution in [0.15, 0.2) is 89.6 Å². The minimum Gasteiger partial charge on any atom is -0.467 e. The Labute approximate surface area is 154 Å². The third-order valence-electron chi connectivity index (χ3n) is 3.91. The lowest BCUT2D eigenvalue weighted by Gasteiger charge is -2.17. The second-order valence-corrected chi connectivity index (χ2v) is 5.79. The minimum absolute atomic E-state index is 0.0746. The van der Waals surface area contributed by atoms with Crippen LogP contribution in [0.25, 0.3) is 5.57 Å². The highest BCUT2D eigenvalue weighted by atomic mass is 19.4. The average molecular weight is 371 g/mol. The van der Waals surface area contributed by atoms with E-state index >= 15 is 0 Å². The Kier molecular flexibility index (Phi) is 5.45. The Morgan fingerprint density at radius 2 is 1.56 bits per heavy atom. The molecule has 1 unspecified atom stereocenters. The number of furan rings is 1. The first-order valence-electron chi connectivity index (χ1n) is 8.18. The smallest absolute Gasteiger partial charge is 0.417 e. The molecule has 0 saturated carbocycles. The van der Waals surface area contributed by atoms with Crippen molar-refractivity contribution in [2.45, 2.75) is 12.2 Å². The van der Waals surface area contributed by atoms with Gasteiger partial charge in [-0.05, 0) is 23.3 Å². The van der Waals surface area contributed by atoms with Gasteiger partial charge in [0, 0.05) is 6.08 Å². The van der Waals surface area contributed by atoms with E-state index in [1.54, 1.807) is 42.5 Å². The summed E-state index contributed by atoms with van der Waals surface area (Å²) in [6.07, 6.45) is -2.64. The first-order chi connectivity index (χ1) is 12.9. The van der Waals surface area contributed by atoms with Crippen LogP contribution in [0.1, 0.15) is 22.9 Å². The van der Waals surface area contributed by atoms with Crippen LogP contribution in [0.2, 0.25) is 0 Å². The minimum atomic E-state index is -4.66. The molecule has 6 heteroatoms. The van der Waals surface area contributed by atoms with E-state index in [9.17, 15) is 18.0 Å². The first-order valence-corrected chi connectivity index (χ1v) is 8.18. The molecule has 1 N–H and O–H groups in total. The molecule has 0 fully saturated rings. The van der Waals surface area contributed by atoms with Crippen molar-refractivity contribution in [2.75, 3.05) is 0 Å². The van der Waals surface area contributed by atoms with E-state index in [0.29, 0.717) is 17.4 Å². The predicted octanol–water partition coefficient (Wildman–Crippen LogP) is 5.13. The van der Waals surface area contributed by atoms with Gasteiger partial charge in [0.05, 0.1) is 11.8 Å². The summed E-state index contributed by atoms with van der Waals surface area (Å²) in [4.78, 5) is 12.4. The summed E-state index contributed by atoms with van der Waals surface area (Å²) in [5, 5.41) is 2.60. The van der Waals surface area contributed by atoms with Crippen molar-refractivity contribution in [2.24, 2.45) is 0 Å². The number of hydrogen-bond acceptors (Lipinski definition) is 2. The molecule has 2 aromatic carbocycles. The maximum absolute atomic E-state index is 13.4. The molecule has 3 rings (SSSR count). The fourth-order valence-corrected chi connectivity index (χ4v) is 2.68. The van der Waals surface area contributed by atoms with Crippen LogP contribution in [0.5, 0.6) is 0 Å². The topological polar surface area (TPSA) is 42.2 Å². The van der Waals surface area contributed by atoms with Crippen molar-refractivity contribution in [3.05, 3.63) is 102 Å². The number of nitrogens with one attached hydrogen (secondary N) is 1. The number of carbonyl (C=O) groups excluding carboxylic acids is 1. The molecule has 0 saturated heterocycles. The van der Waals surface area contributed by atoms with Gasteiger partial charge in [-0.1, -0.05) is 60.7 Å². The summed E-state index contributed by atoms with van der Waals surface area (Å²) >= 11 is 0. The SMILES string of the molecule is O=C(/C=C(\c1ccccc1)C(F)(F)F)NC(c1ccccc1)c1ccco1. The summed E-state index contributed by atoms with van der Waals surface area (Å²) in [6.45, 7) is 0. The van der Waals surface area contributed by atoms with Crippen molar-refractivity contribution in [1.82, 2.24) is 5.32 Å². The monoisotopic (exact) mass is 371 g/mol.